The van der Waals surface area contributed by atoms with E-state index in [0.717, 1.165) is 42.4 Å². The average Bonchev–Trinajstić information content (AvgIpc) is 3.53. The summed E-state index contributed by atoms with van der Waals surface area (Å²) in [6.45, 7) is 10.7. The Hall–Kier alpha value is -3.40. The number of ether oxygens (including phenoxy) is 6. The minimum Gasteiger partial charge on any atom is -0.460 e. The molecule has 8 atom stereocenters. The normalized spacial score (nSPS) is 31.0. The van der Waals surface area contributed by atoms with E-state index in [1.54, 1.807) is 0 Å². The van der Waals surface area contributed by atoms with Crippen molar-refractivity contribution >= 4 is 11.8 Å². The Labute approximate surface area is 315 Å². The molecule has 3 saturated carbocycles. The molecule has 286 valence electrons. The number of benzene rings is 3. The van der Waals surface area contributed by atoms with Gasteiger partial charge in [0.2, 0.25) is 0 Å². The minimum absolute atomic E-state index is 0.0222. The maximum Gasteiger partial charge on any atom is 0.332 e. The molecule has 0 heterocycles. The van der Waals surface area contributed by atoms with Crippen LogP contribution in [0.3, 0.4) is 0 Å². The molecule has 0 N–H and O–H groups in total. The van der Waals surface area contributed by atoms with Crippen LogP contribution in [-0.4, -0.2) is 50.8 Å². The molecule has 1 unspecified atom stereocenters. The Morgan fingerprint density at radius 1 is 0.755 bits per heavy atom. The first-order chi connectivity index (χ1) is 25.7. The Kier molecular flexibility index (Phi) is 13.2. The molecule has 0 amide bonds. The maximum absolute atomic E-state index is 14.3. The number of esters is 1. The minimum atomic E-state index is -0.667. The van der Waals surface area contributed by atoms with E-state index in [2.05, 4.69) is 27.7 Å². The highest BCUT2D eigenvalue weighted by Gasteiger charge is 2.69. The summed E-state index contributed by atoms with van der Waals surface area (Å²) in [5.74, 6) is -0.421. The quantitative estimate of drug-likeness (QED) is 0.0776. The SMILES string of the molecule is CC[C@@]1(C)C[C@@H](OC(=O)COCc2ccccc2)[C@@]2(C)C3C(=O)CC[C@@]3(CC[C@H]2COCOCc2ccccc2)[C@@H](C)[C@@H]1OCOCc1ccccc1. The molecule has 0 radical (unpaired) electrons. The molecule has 3 fully saturated rings. The van der Waals surface area contributed by atoms with Crippen LogP contribution in [0.2, 0.25) is 0 Å². The summed E-state index contributed by atoms with van der Waals surface area (Å²) in [4.78, 5) is 28.1. The number of carbonyl (C=O) groups excluding carboxylic acids is 2. The van der Waals surface area contributed by atoms with E-state index in [9.17, 15) is 9.59 Å². The van der Waals surface area contributed by atoms with Gasteiger partial charge in [-0.1, -0.05) is 119 Å². The standard InChI is InChI=1S/C45H58O8/c1-5-43(3)25-39(53-40(47)30-48-26-34-15-9-6-10-16-34)44(4)37(29-51-31-49-27-35-17-11-7-12-18-35)21-23-45(24-22-38(46)41(44)45)33(2)42(43)52-32-50-28-36-19-13-8-14-20-36/h6-20,33,37,39,41-42H,5,21-32H2,1-4H3/t33-,37-,39+,41?,42-,43-,44-,45-/m0/s1. The van der Waals surface area contributed by atoms with Crippen molar-refractivity contribution in [3.05, 3.63) is 108 Å². The van der Waals surface area contributed by atoms with Crippen LogP contribution in [0.5, 0.6) is 0 Å². The molecular formula is C45H58O8. The number of rotatable bonds is 17. The third-order valence-corrected chi connectivity index (χ3v) is 13.0. The predicted octanol–water partition coefficient (Wildman–Crippen LogP) is 8.70. The Morgan fingerprint density at radius 3 is 1.91 bits per heavy atom. The average molecular weight is 727 g/mol. The van der Waals surface area contributed by atoms with Gasteiger partial charge in [-0.2, -0.15) is 0 Å². The zero-order valence-corrected chi connectivity index (χ0v) is 32.0. The Morgan fingerprint density at radius 2 is 1.32 bits per heavy atom. The summed E-state index contributed by atoms with van der Waals surface area (Å²) in [7, 11) is 0. The van der Waals surface area contributed by atoms with E-state index in [1.807, 2.05) is 91.0 Å². The second-order valence-electron chi connectivity index (χ2n) is 16.1. The summed E-state index contributed by atoms with van der Waals surface area (Å²) in [5.41, 5.74) is 1.81. The largest absolute Gasteiger partial charge is 0.460 e. The van der Waals surface area contributed by atoms with Crippen LogP contribution in [-0.2, 0) is 57.8 Å². The summed E-state index contributed by atoms with van der Waals surface area (Å²) >= 11 is 0. The zero-order valence-electron chi connectivity index (χ0n) is 32.0. The lowest BCUT2D eigenvalue weighted by molar-refractivity contribution is -0.241. The summed E-state index contributed by atoms with van der Waals surface area (Å²) in [6, 6.07) is 29.9. The van der Waals surface area contributed by atoms with Crippen molar-refractivity contribution in [3.63, 3.8) is 0 Å². The van der Waals surface area contributed by atoms with Gasteiger partial charge >= 0.3 is 5.97 Å². The summed E-state index contributed by atoms with van der Waals surface area (Å²) < 4.78 is 37.5. The fraction of sp³-hybridized carbons (Fsp3) is 0.556. The number of hydrogen-bond donors (Lipinski definition) is 0. The van der Waals surface area contributed by atoms with Crippen molar-refractivity contribution in [2.45, 2.75) is 98.2 Å². The fourth-order valence-corrected chi connectivity index (χ4v) is 10.0. The van der Waals surface area contributed by atoms with Gasteiger partial charge in [-0.3, -0.25) is 4.79 Å². The highest BCUT2D eigenvalue weighted by molar-refractivity contribution is 5.85. The molecule has 3 aromatic carbocycles. The molecule has 8 heteroatoms. The predicted molar refractivity (Wildman–Crippen MR) is 202 cm³/mol. The number of ketones is 1. The molecule has 6 rings (SSSR count). The fourth-order valence-electron chi connectivity index (χ4n) is 10.0. The van der Waals surface area contributed by atoms with Crippen LogP contribution < -0.4 is 0 Å². The van der Waals surface area contributed by atoms with E-state index >= 15 is 0 Å². The van der Waals surface area contributed by atoms with Crippen molar-refractivity contribution in [1.82, 2.24) is 0 Å². The van der Waals surface area contributed by atoms with Crippen molar-refractivity contribution in [3.8, 4) is 0 Å². The molecule has 3 aliphatic carbocycles. The van der Waals surface area contributed by atoms with Crippen LogP contribution in [0.1, 0.15) is 82.9 Å². The molecule has 0 aromatic heterocycles. The highest BCUT2D eigenvalue weighted by Crippen LogP contribution is 2.68. The molecule has 0 aliphatic heterocycles. The molecule has 3 aromatic rings. The van der Waals surface area contributed by atoms with Gasteiger partial charge in [-0.15, -0.1) is 0 Å². The number of hydrogen-bond acceptors (Lipinski definition) is 8. The lowest BCUT2D eigenvalue weighted by Crippen LogP contribution is -2.64. The maximum atomic E-state index is 14.3. The molecule has 8 nitrogen and oxygen atoms in total. The van der Waals surface area contributed by atoms with Gasteiger partial charge < -0.3 is 28.4 Å². The third kappa shape index (κ3) is 8.79. The van der Waals surface area contributed by atoms with E-state index in [0.29, 0.717) is 39.3 Å². The highest BCUT2D eigenvalue weighted by atomic mass is 16.7. The number of carbonyl (C=O) groups is 2. The van der Waals surface area contributed by atoms with Gasteiger partial charge in [0.25, 0.3) is 0 Å². The van der Waals surface area contributed by atoms with Gasteiger partial charge in [-0.25, -0.2) is 4.79 Å². The summed E-state index contributed by atoms with van der Waals surface area (Å²) in [5, 5.41) is 0. The van der Waals surface area contributed by atoms with Crippen LogP contribution in [0, 0.1) is 34.0 Å². The summed E-state index contributed by atoms with van der Waals surface area (Å²) in [6.07, 6.45) is 3.61. The number of Topliss-reactive ketones (excluding diaryl/α,β-unsaturated/α-hetero) is 1. The Balaban J connectivity index is 1.25. The first-order valence-corrected chi connectivity index (χ1v) is 19.5. The molecule has 0 saturated heterocycles. The van der Waals surface area contributed by atoms with Crippen LogP contribution >= 0.6 is 0 Å². The first-order valence-electron chi connectivity index (χ1n) is 19.5. The van der Waals surface area contributed by atoms with Crippen molar-refractivity contribution in [2.75, 3.05) is 26.8 Å². The topological polar surface area (TPSA) is 89.5 Å². The van der Waals surface area contributed by atoms with Crippen LogP contribution in [0.25, 0.3) is 0 Å². The van der Waals surface area contributed by atoms with E-state index in [4.69, 9.17) is 28.4 Å². The van der Waals surface area contributed by atoms with Crippen LogP contribution in [0.4, 0.5) is 0 Å². The van der Waals surface area contributed by atoms with Crippen molar-refractivity contribution < 1.29 is 38.0 Å². The van der Waals surface area contributed by atoms with Crippen LogP contribution in [0.15, 0.2) is 91.0 Å². The second-order valence-corrected chi connectivity index (χ2v) is 16.1. The zero-order chi connectivity index (χ0) is 37.3. The Bertz CT molecular complexity index is 1600. The van der Waals surface area contributed by atoms with Gasteiger partial charge in [0.15, 0.2) is 0 Å². The van der Waals surface area contributed by atoms with E-state index in [-0.39, 0.29) is 60.7 Å². The van der Waals surface area contributed by atoms with Gasteiger partial charge in [-0.05, 0) is 71.5 Å². The second kappa shape index (κ2) is 17.8. The monoisotopic (exact) mass is 726 g/mol. The lowest BCUT2D eigenvalue weighted by Gasteiger charge is -2.63. The van der Waals surface area contributed by atoms with Gasteiger partial charge in [0.05, 0.1) is 32.5 Å². The third-order valence-electron chi connectivity index (χ3n) is 13.0. The molecule has 2 bridgehead atoms. The van der Waals surface area contributed by atoms with E-state index < -0.39 is 17.5 Å². The smallest absolute Gasteiger partial charge is 0.332 e. The molecule has 53 heavy (non-hydrogen) atoms. The van der Waals surface area contributed by atoms with Gasteiger partial charge in [0.1, 0.15) is 32.1 Å². The van der Waals surface area contributed by atoms with E-state index in [1.165, 1.54) is 0 Å². The molecule has 3 aliphatic rings. The first kappa shape index (κ1) is 39.3. The molecular weight excluding hydrogens is 668 g/mol. The van der Waals surface area contributed by atoms with Gasteiger partial charge in [0, 0.05) is 17.8 Å². The molecule has 0 spiro atoms. The van der Waals surface area contributed by atoms with Crippen molar-refractivity contribution in [1.29, 1.82) is 0 Å². The lowest BCUT2D eigenvalue weighted by atomic mass is 9.43. The van der Waals surface area contributed by atoms with Crippen molar-refractivity contribution in [2.24, 2.45) is 34.0 Å².